The smallest absolute Gasteiger partial charge is 0.0547 e. The maximum Gasteiger partial charge on any atom is 0.0547 e. The van der Waals surface area contributed by atoms with Gasteiger partial charge in [0.15, 0.2) is 0 Å². The van der Waals surface area contributed by atoms with Crippen LogP contribution in [0.2, 0.25) is 0 Å². The van der Waals surface area contributed by atoms with Crippen LogP contribution in [0.15, 0.2) is 152 Å². The van der Waals surface area contributed by atoms with Crippen molar-refractivity contribution in [2.24, 2.45) is 23.7 Å². The molecule has 2 heteroatoms. The minimum Gasteiger partial charge on any atom is -0.309 e. The Bertz CT molecular complexity index is 2980. The average Bonchev–Trinajstić information content (AvgIpc) is 3.86. The molecule has 0 atom stereocenters. The third kappa shape index (κ3) is 3.89. The van der Waals surface area contributed by atoms with E-state index >= 15 is 0 Å². The number of para-hydroxylation sites is 1. The maximum atomic E-state index is 2.57. The second-order valence-corrected chi connectivity index (χ2v) is 18.0. The van der Waals surface area contributed by atoms with Crippen LogP contribution in [-0.4, -0.2) is 4.57 Å². The molecular weight excluding hydrogens is 671 g/mol. The van der Waals surface area contributed by atoms with Crippen molar-refractivity contribution in [3.8, 4) is 39.1 Å². The maximum absolute atomic E-state index is 2.57. The van der Waals surface area contributed by atoms with E-state index in [4.69, 9.17) is 0 Å². The summed E-state index contributed by atoms with van der Waals surface area (Å²) in [5.41, 5.74) is 15.3. The van der Waals surface area contributed by atoms with Crippen molar-refractivity contribution in [3.05, 3.63) is 163 Å². The number of hydrogen-bond donors (Lipinski definition) is 0. The van der Waals surface area contributed by atoms with Crippen LogP contribution >= 0.6 is 11.3 Å². The second kappa shape index (κ2) is 10.8. The molecule has 1 spiro atoms. The van der Waals surface area contributed by atoms with Crippen LogP contribution < -0.4 is 0 Å². The molecule has 4 fully saturated rings. The normalized spacial score (nSPS) is 23.6. The molecule has 0 N–H and O–H groups in total. The van der Waals surface area contributed by atoms with Crippen molar-refractivity contribution in [2.45, 2.75) is 37.5 Å². The summed E-state index contributed by atoms with van der Waals surface area (Å²) in [6.07, 6.45) is 7.17. The van der Waals surface area contributed by atoms with Gasteiger partial charge in [-0.3, -0.25) is 0 Å². The zero-order valence-electron chi connectivity index (χ0n) is 30.1. The van der Waals surface area contributed by atoms with Gasteiger partial charge < -0.3 is 4.57 Å². The van der Waals surface area contributed by atoms with Crippen molar-refractivity contribution < 1.29 is 0 Å². The quantitative estimate of drug-likeness (QED) is 0.172. The van der Waals surface area contributed by atoms with Gasteiger partial charge in [0.2, 0.25) is 0 Å². The van der Waals surface area contributed by atoms with E-state index in [1.165, 1.54) is 113 Å². The lowest BCUT2D eigenvalue weighted by atomic mass is 9.43. The highest BCUT2D eigenvalue weighted by molar-refractivity contribution is 7.25. The summed E-state index contributed by atoms with van der Waals surface area (Å²) >= 11 is 1.88. The van der Waals surface area contributed by atoms with Crippen LogP contribution in [0.4, 0.5) is 0 Å². The lowest BCUT2D eigenvalue weighted by molar-refractivity contribution is -0.0399. The molecule has 4 saturated carbocycles. The molecule has 0 aliphatic heterocycles. The molecule has 7 aromatic carbocycles. The number of hydrogen-bond acceptors (Lipinski definition) is 1. The fourth-order valence-corrected chi connectivity index (χ4v) is 13.7. The Morgan fingerprint density at radius 3 is 1.94 bits per heavy atom. The predicted octanol–water partition coefficient (Wildman–Crippen LogP) is 14.2. The zero-order chi connectivity index (χ0) is 35.1. The van der Waals surface area contributed by atoms with Crippen molar-refractivity contribution >= 4 is 53.3 Å². The molecule has 0 saturated heterocycles. The summed E-state index contributed by atoms with van der Waals surface area (Å²) in [5.74, 6) is 3.48. The van der Waals surface area contributed by atoms with Crippen LogP contribution in [0.5, 0.6) is 0 Å². The minimum atomic E-state index is 0.204. The first kappa shape index (κ1) is 29.9. The third-order valence-corrected chi connectivity index (χ3v) is 15.6. The molecule has 5 aliphatic rings. The minimum absolute atomic E-state index is 0.204. The molecule has 4 bridgehead atoms. The Labute approximate surface area is 319 Å². The average molecular weight is 710 g/mol. The van der Waals surface area contributed by atoms with Crippen molar-refractivity contribution in [2.75, 3.05) is 0 Å². The molecule has 1 nitrogen and oxygen atoms in total. The van der Waals surface area contributed by atoms with Gasteiger partial charge >= 0.3 is 0 Å². The van der Waals surface area contributed by atoms with E-state index in [9.17, 15) is 0 Å². The Balaban J connectivity index is 0.946. The molecule has 14 rings (SSSR count). The van der Waals surface area contributed by atoms with Crippen LogP contribution in [0.25, 0.3) is 81.0 Å². The number of thiophene rings is 1. The lowest BCUT2D eigenvalue weighted by Crippen LogP contribution is -2.55. The van der Waals surface area contributed by atoms with Gasteiger partial charge in [-0.05, 0) is 149 Å². The van der Waals surface area contributed by atoms with Gasteiger partial charge in [0.1, 0.15) is 0 Å². The Kier molecular flexibility index (Phi) is 6.01. The first-order chi connectivity index (χ1) is 26.7. The zero-order valence-corrected chi connectivity index (χ0v) is 31.0. The standard InChI is InChI=1S/C52H39NS/c1-4-12-45-40(8-1)43-30-35(18-22-46(43)52(45)36-25-31-24-32(27-36)28-37(52)26-31)39-11-7-14-48-51(39)42-10-2-5-13-47(42)53(48)38-20-16-33(17-21-38)34-19-23-50-44(29-34)41-9-3-6-15-49(41)54-50/h1-23,29-32,36-37H,24-28H2. The third-order valence-electron chi connectivity index (χ3n) is 14.4. The van der Waals surface area contributed by atoms with Gasteiger partial charge in [-0.1, -0.05) is 103 Å². The Morgan fingerprint density at radius 2 is 1.09 bits per heavy atom. The Hall–Kier alpha value is -5.44. The molecule has 2 heterocycles. The summed E-state index contributed by atoms with van der Waals surface area (Å²) in [5, 5.41) is 5.33. The second-order valence-electron chi connectivity index (χ2n) is 16.9. The lowest BCUT2D eigenvalue weighted by Gasteiger charge is -2.61. The van der Waals surface area contributed by atoms with E-state index in [0.717, 1.165) is 23.7 Å². The van der Waals surface area contributed by atoms with Crippen LogP contribution in [0.3, 0.4) is 0 Å². The van der Waals surface area contributed by atoms with E-state index in [0.29, 0.717) is 0 Å². The van der Waals surface area contributed by atoms with E-state index in [-0.39, 0.29) is 5.41 Å². The number of aromatic nitrogens is 1. The van der Waals surface area contributed by atoms with Crippen molar-refractivity contribution in [3.63, 3.8) is 0 Å². The van der Waals surface area contributed by atoms with Gasteiger partial charge in [0.25, 0.3) is 0 Å². The first-order valence-electron chi connectivity index (χ1n) is 20.0. The van der Waals surface area contributed by atoms with Gasteiger partial charge in [-0.15, -0.1) is 11.3 Å². The molecule has 0 radical (unpaired) electrons. The van der Waals surface area contributed by atoms with Gasteiger partial charge in [0, 0.05) is 42.0 Å². The van der Waals surface area contributed by atoms with E-state index in [1.54, 1.807) is 11.1 Å². The molecule has 5 aliphatic carbocycles. The number of nitrogens with zero attached hydrogens (tertiary/aromatic N) is 1. The summed E-state index contributed by atoms with van der Waals surface area (Å²) in [6.45, 7) is 0. The van der Waals surface area contributed by atoms with Gasteiger partial charge in [-0.2, -0.15) is 0 Å². The van der Waals surface area contributed by atoms with Crippen molar-refractivity contribution in [1.29, 1.82) is 0 Å². The number of fused-ring (bicyclic) bond motifs is 9. The molecule has 54 heavy (non-hydrogen) atoms. The number of rotatable bonds is 3. The Morgan fingerprint density at radius 1 is 0.444 bits per heavy atom. The highest BCUT2D eigenvalue weighted by Crippen LogP contribution is 2.69. The van der Waals surface area contributed by atoms with E-state index in [1.807, 2.05) is 11.3 Å². The topological polar surface area (TPSA) is 4.93 Å². The highest BCUT2D eigenvalue weighted by Gasteiger charge is 2.61. The van der Waals surface area contributed by atoms with Gasteiger partial charge in [-0.25, -0.2) is 0 Å². The van der Waals surface area contributed by atoms with Crippen LogP contribution in [-0.2, 0) is 5.41 Å². The molecule has 9 aromatic rings. The SMILES string of the molecule is c1ccc2c(c1)-c1cc(-c3cccc4c3c3ccccc3n4-c3ccc(-c4ccc5sc6ccccc6c5c4)cc3)ccc1C21C2CC3CC(C2)CC1C3. The molecule has 2 aromatic heterocycles. The predicted molar refractivity (Wildman–Crippen MR) is 228 cm³/mol. The summed E-state index contributed by atoms with van der Waals surface area (Å²) in [6, 6.07) is 57.9. The van der Waals surface area contributed by atoms with Crippen molar-refractivity contribution in [1.82, 2.24) is 4.57 Å². The van der Waals surface area contributed by atoms with Crippen LogP contribution in [0.1, 0.15) is 43.2 Å². The molecular formula is C52H39NS. The van der Waals surface area contributed by atoms with Crippen LogP contribution in [0, 0.1) is 23.7 Å². The van der Waals surface area contributed by atoms with E-state index < -0.39 is 0 Å². The summed E-state index contributed by atoms with van der Waals surface area (Å²) in [7, 11) is 0. The number of benzene rings is 7. The first-order valence-corrected chi connectivity index (χ1v) is 20.8. The largest absolute Gasteiger partial charge is 0.309 e. The monoisotopic (exact) mass is 709 g/mol. The molecule has 258 valence electrons. The summed E-state index contributed by atoms with van der Waals surface area (Å²) < 4.78 is 5.17. The molecule has 0 unspecified atom stereocenters. The molecule has 0 amide bonds. The fourth-order valence-electron chi connectivity index (χ4n) is 12.6. The van der Waals surface area contributed by atoms with Gasteiger partial charge in [0.05, 0.1) is 11.0 Å². The fraction of sp³-hybridized carbons (Fsp3) is 0.192. The van der Waals surface area contributed by atoms with E-state index in [2.05, 4.69) is 156 Å². The summed E-state index contributed by atoms with van der Waals surface area (Å²) in [4.78, 5) is 0. The highest BCUT2D eigenvalue weighted by atomic mass is 32.1.